The van der Waals surface area contributed by atoms with Crippen molar-refractivity contribution in [2.24, 2.45) is 5.92 Å². The van der Waals surface area contributed by atoms with Gasteiger partial charge in [-0.05, 0) is 12.3 Å². The number of nitrogens with one attached hydrogen (secondary N) is 1. The minimum absolute atomic E-state index is 0.0544. The molecule has 0 radical (unpaired) electrons. The van der Waals surface area contributed by atoms with E-state index in [9.17, 15) is 14.4 Å². The Labute approximate surface area is 126 Å². The van der Waals surface area contributed by atoms with Crippen LogP contribution in [-0.4, -0.2) is 30.3 Å². The molecule has 1 N–H and O–H groups in total. The Kier molecular flexibility index (Phi) is 8.01. The number of ketones is 1. The van der Waals surface area contributed by atoms with Crippen LogP contribution in [0.4, 0.5) is 0 Å². The number of esters is 1. The number of carbonyl (C=O) groups is 3. The number of ether oxygens (including phenoxy) is 1. The molecule has 2 atom stereocenters. The predicted octanol–water partition coefficient (Wildman–Crippen LogP) is 2.37. The summed E-state index contributed by atoms with van der Waals surface area (Å²) in [6, 6.07) is -0.571. The fraction of sp³-hybridized carbons (Fsp3) is 0.812. The summed E-state index contributed by atoms with van der Waals surface area (Å²) in [6.07, 6.45) is 6.42. The largest absolute Gasteiger partial charge is 0.464 e. The molecule has 1 fully saturated rings. The molecule has 0 aromatic heterocycles. The maximum Gasteiger partial charge on any atom is 0.328 e. The van der Waals surface area contributed by atoms with Crippen molar-refractivity contribution in [2.75, 3.05) is 6.61 Å². The zero-order valence-electron chi connectivity index (χ0n) is 13.2. The summed E-state index contributed by atoms with van der Waals surface area (Å²) in [6.45, 7) is 4.66. The van der Waals surface area contributed by atoms with Crippen LogP contribution in [0, 0.1) is 5.92 Å². The molecule has 1 aliphatic heterocycles. The van der Waals surface area contributed by atoms with Gasteiger partial charge in [0.2, 0.25) is 5.91 Å². The SMILES string of the molecule is CCCCC[C@@H](C)CCC(=O)CC(=O)N[C@H]1CCOC1=O. The van der Waals surface area contributed by atoms with Gasteiger partial charge >= 0.3 is 5.97 Å². The Morgan fingerprint density at radius 3 is 2.71 bits per heavy atom. The molecule has 0 unspecified atom stereocenters. The van der Waals surface area contributed by atoms with Crippen LogP contribution in [-0.2, 0) is 19.1 Å². The van der Waals surface area contributed by atoms with Gasteiger partial charge in [-0.25, -0.2) is 4.79 Å². The van der Waals surface area contributed by atoms with Crippen LogP contribution in [0.2, 0.25) is 0 Å². The molecule has 1 amide bonds. The lowest BCUT2D eigenvalue weighted by atomic mass is 9.96. The molecule has 1 rings (SSSR count). The molecule has 21 heavy (non-hydrogen) atoms. The summed E-state index contributed by atoms with van der Waals surface area (Å²) in [7, 11) is 0. The number of rotatable bonds is 10. The highest BCUT2D eigenvalue weighted by atomic mass is 16.5. The first-order chi connectivity index (χ1) is 10.0. The van der Waals surface area contributed by atoms with E-state index in [1.165, 1.54) is 19.3 Å². The molecule has 0 bridgehead atoms. The Balaban J connectivity index is 2.14. The lowest BCUT2D eigenvalue weighted by Gasteiger charge is -2.11. The summed E-state index contributed by atoms with van der Waals surface area (Å²) < 4.78 is 4.76. The van der Waals surface area contributed by atoms with Gasteiger partial charge in [0.1, 0.15) is 11.8 Å². The van der Waals surface area contributed by atoms with E-state index in [4.69, 9.17) is 4.74 Å². The molecule has 1 saturated heterocycles. The van der Waals surface area contributed by atoms with Gasteiger partial charge in [-0.1, -0.05) is 39.5 Å². The van der Waals surface area contributed by atoms with E-state index >= 15 is 0 Å². The average Bonchev–Trinajstić information content (AvgIpc) is 2.82. The Morgan fingerprint density at radius 1 is 1.33 bits per heavy atom. The second-order valence-corrected chi connectivity index (χ2v) is 5.93. The highest BCUT2D eigenvalue weighted by Gasteiger charge is 2.28. The van der Waals surface area contributed by atoms with Crippen LogP contribution in [0.15, 0.2) is 0 Å². The van der Waals surface area contributed by atoms with Crippen LogP contribution in [0.3, 0.4) is 0 Å². The first-order valence-electron chi connectivity index (χ1n) is 8.00. The molecule has 0 spiro atoms. The molecule has 0 aromatic rings. The average molecular weight is 297 g/mol. The molecule has 120 valence electrons. The Bertz CT molecular complexity index is 367. The fourth-order valence-corrected chi connectivity index (χ4v) is 2.43. The first-order valence-corrected chi connectivity index (χ1v) is 8.00. The van der Waals surface area contributed by atoms with Crippen LogP contribution >= 0.6 is 0 Å². The topological polar surface area (TPSA) is 72.5 Å². The van der Waals surface area contributed by atoms with Crippen LogP contribution in [0.5, 0.6) is 0 Å². The second-order valence-electron chi connectivity index (χ2n) is 5.93. The molecular formula is C16H27NO4. The van der Waals surface area contributed by atoms with Crippen molar-refractivity contribution in [3.63, 3.8) is 0 Å². The number of amides is 1. The smallest absolute Gasteiger partial charge is 0.328 e. The highest BCUT2D eigenvalue weighted by molar-refractivity contribution is 5.99. The monoisotopic (exact) mass is 297 g/mol. The van der Waals surface area contributed by atoms with Gasteiger partial charge < -0.3 is 10.1 Å². The van der Waals surface area contributed by atoms with Crippen molar-refractivity contribution in [2.45, 2.75) is 71.3 Å². The van der Waals surface area contributed by atoms with Gasteiger partial charge in [0, 0.05) is 12.8 Å². The van der Waals surface area contributed by atoms with Gasteiger partial charge in [-0.3, -0.25) is 9.59 Å². The normalized spacial score (nSPS) is 19.1. The van der Waals surface area contributed by atoms with E-state index in [0.717, 1.165) is 12.8 Å². The summed E-state index contributed by atoms with van der Waals surface area (Å²) in [5.74, 6) is -0.308. The Hall–Kier alpha value is -1.39. The minimum Gasteiger partial charge on any atom is -0.464 e. The van der Waals surface area contributed by atoms with Gasteiger partial charge in [0.15, 0.2) is 0 Å². The molecule has 1 heterocycles. The van der Waals surface area contributed by atoms with E-state index < -0.39 is 12.0 Å². The zero-order chi connectivity index (χ0) is 15.7. The number of Topliss-reactive ketones (excluding diaryl/α,β-unsaturated/α-hetero) is 1. The number of unbranched alkanes of at least 4 members (excludes halogenated alkanes) is 2. The van der Waals surface area contributed by atoms with Crippen molar-refractivity contribution in [1.29, 1.82) is 0 Å². The number of hydrogen-bond donors (Lipinski definition) is 1. The molecule has 0 aromatic carbocycles. The van der Waals surface area contributed by atoms with Crippen LogP contribution in [0.25, 0.3) is 0 Å². The molecule has 5 nitrogen and oxygen atoms in total. The van der Waals surface area contributed by atoms with Crippen LogP contribution < -0.4 is 5.32 Å². The maximum atomic E-state index is 11.8. The standard InChI is InChI=1S/C16H27NO4/c1-3-4-5-6-12(2)7-8-13(18)11-15(19)17-14-9-10-21-16(14)20/h12,14H,3-11H2,1-2H3,(H,17,19)/t12-,14+/m1/s1. The second kappa shape index (κ2) is 9.53. The maximum absolute atomic E-state index is 11.8. The van der Waals surface area contributed by atoms with Crippen molar-refractivity contribution in [1.82, 2.24) is 5.32 Å². The summed E-state index contributed by atoms with van der Waals surface area (Å²) >= 11 is 0. The van der Waals surface area contributed by atoms with E-state index in [0.29, 0.717) is 25.4 Å². The summed E-state index contributed by atoms with van der Waals surface area (Å²) in [4.78, 5) is 34.7. The van der Waals surface area contributed by atoms with E-state index in [1.54, 1.807) is 0 Å². The van der Waals surface area contributed by atoms with Crippen molar-refractivity contribution in [3.05, 3.63) is 0 Å². The molecule has 0 saturated carbocycles. The molecule has 0 aliphatic carbocycles. The molecular weight excluding hydrogens is 270 g/mol. The lowest BCUT2D eigenvalue weighted by Crippen LogP contribution is -2.38. The van der Waals surface area contributed by atoms with Gasteiger partial charge in [0.05, 0.1) is 13.0 Å². The Morgan fingerprint density at radius 2 is 2.10 bits per heavy atom. The third-order valence-corrected chi connectivity index (χ3v) is 3.84. The van der Waals surface area contributed by atoms with Crippen LogP contribution in [0.1, 0.15) is 65.2 Å². The van der Waals surface area contributed by atoms with Gasteiger partial charge in [-0.15, -0.1) is 0 Å². The summed E-state index contributed by atoms with van der Waals surface area (Å²) in [5, 5.41) is 2.55. The number of hydrogen-bond acceptors (Lipinski definition) is 4. The third kappa shape index (κ3) is 7.25. The van der Waals surface area contributed by atoms with Crippen molar-refractivity contribution >= 4 is 17.7 Å². The van der Waals surface area contributed by atoms with Crippen molar-refractivity contribution in [3.8, 4) is 0 Å². The van der Waals surface area contributed by atoms with E-state index in [-0.39, 0.29) is 18.1 Å². The zero-order valence-corrected chi connectivity index (χ0v) is 13.2. The minimum atomic E-state index is -0.571. The fourth-order valence-electron chi connectivity index (χ4n) is 2.43. The quantitative estimate of drug-likeness (QED) is 0.382. The summed E-state index contributed by atoms with van der Waals surface area (Å²) in [5.41, 5.74) is 0. The van der Waals surface area contributed by atoms with E-state index in [2.05, 4.69) is 19.2 Å². The van der Waals surface area contributed by atoms with Gasteiger partial charge in [-0.2, -0.15) is 0 Å². The third-order valence-electron chi connectivity index (χ3n) is 3.84. The molecule has 5 heteroatoms. The lowest BCUT2D eigenvalue weighted by molar-refractivity contribution is -0.142. The van der Waals surface area contributed by atoms with Gasteiger partial charge in [0.25, 0.3) is 0 Å². The molecule has 1 aliphatic rings. The predicted molar refractivity (Wildman–Crippen MR) is 79.7 cm³/mol. The van der Waals surface area contributed by atoms with Crippen molar-refractivity contribution < 1.29 is 19.1 Å². The highest BCUT2D eigenvalue weighted by Crippen LogP contribution is 2.15. The first kappa shape index (κ1) is 17.7. The number of cyclic esters (lactones) is 1. The number of carbonyl (C=O) groups excluding carboxylic acids is 3. The van der Waals surface area contributed by atoms with E-state index in [1.807, 2.05) is 0 Å².